The Bertz CT molecular complexity index is 517. The second kappa shape index (κ2) is 6.22. The van der Waals surface area contributed by atoms with E-state index in [9.17, 15) is 0 Å². The average molecular weight is 260 g/mol. The third kappa shape index (κ3) is 3.60. The molecule has 0 aliphatic carbocycles. The van der Waals surface area contributed by atoms with Crippen LogP contribution in [0.15, 0.2) is 53.5 Å². The van der Waals surface area contributed by atoms with Crippen LogP contribution in [0, 0.1) is 0 Å². The molecule has 2 nitrogen and oxygen atoms in total. The Morgan fingerprint density at radius 3 is 2.33 bits per heavy atom. The smallest absolute Gasteiger partial charge is 0.119 e. The first kappa shape index (κ1) is 12.7. The van der Waals surface area contributed by atoms with Crippen molar-refractivity contribution in [1.82, 2.24) is 0 Å². The SMILES string of the molecule is CCOc1ccc(C=Nc2ccc(Cl)cc2)cc1. The van der Waals surface area contributed by atoms with E-state index < -0.39 is 0 Å². The Balaban J connectivity index is 2.06. The van der Waals surface area contributed by atoms with Gasteiger partial charge in [0.1, 0.15) is 5.75 Å². The highest BCUT2D eigenvalue weighted by molar-refractivity contribution is 6.30. The van der Waals surface area contributed by atoms with Gasteiger partial charge >= 0.3 is 0 Å². The average Bonchev–Trinajstić information content (AvgIpc) is 2.40. The molecule has 0 aromatic heterocycles. The number of rotatable bonds is 4. The standard InChI is InChI=1S/C15H14ClNO/c1-2-18-15-9-3-12(4-10-15)11-17-14-7-5-13(16)6-8-14/h3-11H,2H2,1H3. The number of ether oxygens (including phenoxy) is 1. The topological polar surface area (TPSA) is 21.6 Å². The molecule has 0 heterocycles. The largest absolute Gasteiger partial charge is 0.494 e. The van der Waals surface area contributed by atoms with E-state index in [0.717, 1.165) is 22.0 Å². The Hall–Kier alpha value is -1.80. The molecule has 2 aromatic rings. The molecule has 0 aliphatic heterocycles. The number of benzene rings is 2. The van der Waals surface area contributed by atoms with E-state index >= 15 is 0 Å². The van der Waals surface area contributed by atoms with Crippen molar-refractivity contribution >= 4 is 23.5 Å². The number of hydrogen-bond acceptors (Lipinski definition) is 2. The van der Waals surface area contributed by atoms with E-state index in [-0.39, 0.29) is 0 Å². The molecule has 0 saturated heterocycles. The minimum Gasteiger partial charge on any atom is -0.494 e. The quantitative estimate of drug-likeness (QED) is 0.742. The summed E-state index contributed by atoms with van der Waals surface area (Å²) in [7, 11) is 0. The molecular formula is C15H14ClNO. The Labute approximate surface area is 112 Å². The van der Waals surface area contributed by atoms with Gasteiger partial charge in [-0.3, -0.25) is 4.99 Å². The lowest BCUT2D eigenvalue weighted by Crippen LogP contribution is -1.91. The van der Waals surface area contributed by atoms with Gasteiger partial charge in [-0.2, -0.15) is 0 Å². The third-order valence-corrected chi connectivity index (χ3v) is 2.63. The molecule has 2 aromatic carbocycles. The van der Waals surface area contributed by atoms with Crippen LogP contribution >= 0.6 is 11.6 Å². The van der Waals surface area contributed by atoms with Crippen LogP contribution in [0.5, 0.6) is 5.75 Å². The first-order valence-corrected chi connectivity index (χ1v) is 6.18. The molecule has 3 heteroatoms. The molecule has 2 rings (SSSR count). The van der Waals surface area contributed by atoms with Gasteiger partial charge in [0.15, 0.2) is 0 Å². The van der Waals surface area contributed by atoms with E-state index in [0.29, 0.717) is 6.61 Å². The van der Waals surface area contributed by atoms with Crippen molar-refractivity contribution in [3.63, 3.8) is 0 Å². The van der Waals surface area contributed by atoms with Gasteiger partial charge < -0.3 is 4.74 Å². The minimum absolute atomic E-state index is 0.679. The first-order valence-electron chi connectivity index (χ1n) is 5.80. The Morgan fingerprint density at radius 2 is 1.72 bits per heavy atom. The van der Waals surface area contributed by atoms with Crippen molar-refractivity contribution in [3.05, 3.63) is 59.1 Å². The van der Waals surface area contributed by atoms with E-state index in [1.165, 1.54) is 0 Å². The zero-order valence-electron chi connectivity index (χ0n) is 10.1. The fraction of sp³-hybridized carbons (Fsp3) is 0.133. The lowest BCUT2D eigenvalue weighted by atomic mass is 10.2. The zero-order valence-corrected chi connectivity index (χ0v) is 10.9. The molecule has 0 spiro atoms. The summed E-state index contributed by atoms with van der Waals surface area (Å²) in [6.45, 7) is 2.65. The predicted molar refractivity (Wildman–Crippen MR) is 76.3 cm³/mol. The van der Waals surface area contributed by atoms with Crippen molar-refractivity contribution in [3.8, 4) is 5.75 Å². The summed E-state index contributed by atoms with van der Waals surface area (Å²) in [5.41, 5.74) is 1.92. The van der Waals surface area contributed by atoms with Gasteiger partial charge in [0.2, 0.25) is 0 Å². The van der Waals surface area contributed by atoms with Crippen LogP contribution in [0.3, 0.4) is 0 Å². The molecule has 0 N–H and O–H groups in total. The highest BCUT2D eigenvalue weighted by atomic mass is 35.5. The van der Waals surface area contributed by atoms with Crippen LogP contribution in [0.4, 0.5) is 5.69 Å². The van der Waals surface area contributed by atoms with E-state index in [1.54, 1.807) is 0 Å². The number of nitrogens with zero attached hydrogens (tertiary/aromatic N) is 1. The van der Waals surface area contributed by atoms with Gasteiger partial charge in [0.25, 0.3) is 0 Å². The number of hydrogen-bond donors (Lipinski definition) is 0. The molecule has 0 radical (unpaired) electrons. The van der Waals surface area contributed by atoms with Crippen LogP contribution in [0.25, 0.3) is 0 Å². The van der Waals surface area contributed by atoms with Crippen molar-refractivity contribution in [1.29, 1.82) is 0 Å². The van der Waals surface area contributed by atoms with E-state index in [4.69, 9.17) is 16.3 Å². The first-order chi connectivity index (χ1) is 8.78. The molecule has 0 fully saturated rings. The summed E-state index contributed by atoms with van der Waals surface area (Å²) in [6.07, 6.45) is 1.82. The van der Waals surface area contributed by atoms with Crippen LogP contribution in [0.1, 0.15) is 12.5 Å². The zero-order chi connectivity index (χ0) is 12.8. The molecule has 18 heavy (non-hydrogen) atoms. The van der Waals surface area contributed by atoms with Gasteiger partial charge in [-0.15, -0.1) is 0 Å². The van der Waals surface area contributed by atoms with E-state index in [1.807, 2.05) is 61.7 Å². The maximum atomic E-state index is 5.81. The Kier molecular flexibility index (Phi) is 4.37. The summed E-state index contributed by atoms with van der Waals surface area (Å²) in [4.78, 5) is 4.37. The second-order valence-corrected chi connectivity index (χ2v) is 4.17. The van der Waals surface area contributed by atoms with Crippen molar-refractivity contribution < 1.29 is 4.74 Å². The summed E-state index contributed by atoms with van der Waals surface area (Å²) in [5, 5.41) is 0.718. The summed E-state index contributed by atoms with van der Waals surface area (Å²) in [5.74, 6) is 0.876. The molecule has 0 unspecified atom stereocenters. The molecule has 0 aliphatic rings. The van der Waals surface area contributed by atoms with Crippen LogP contribution < -0.4 is 4.74 Å². The monoisotopic (exact) mass is 259 g/mol. The maximum absolute atomic E-state index is 5.81. The Morgan fingerprint density at radius 1 is 1.06 bits per heavy atom. The summed E-state index contributed by atoms with van der Waals surface area (Å²) >= 11 is 5.81. The predicted octanol–water partition coefficient (Wildman–Crippen LogP) is 4.49. The van der Waals surface area contributed by atoms with Gasteiger partial charge in [0, 0.05) is 11.2 Å². The van der Waals surface area contributed by atoms with Crippen LogP contribution in [0.2, 0.25) is 5.02 Å². The van der Waals surface area contributed by atoms with Crippen molar-refractivity contribution in [2.45, 2.75) is 6.92 Å². The highest BCUT2D eigenvalue weighted by Gasteiger charge is 1.93. The number of halogens is 1. The van der Waals surface area contributed by atoms with Crippen molar-refractivity contribution in [2.24, 2.45) is 4.99 Å². The fourth-order valence-corrected chi connectivity index (χ4v) is 1.62. The molecule has 0 bridgehead atoms. The minimum atomic E-state index is 0.679. The molecule has 92 valence electrons. The lowest BCUT2D eigenvalue weighted by molar-refractivity contribution is 0.340. The van der Waals surface area contributed by atoms with Crippen LogP contribution in [-0.2, 0) is 0 Å². The van der Waals surface area contributed by atoms with Gasteiger partial charge in [-0.1, -0.05) is 11.6 Å². The highest BCUT2D eigenvalue weighted by Crippen LogP contribution is 2.16. The second-order valence-electron chi connectivity index (χ2n) is 3.74. The third-order valence-electron chi connectivity index (χ3n) is 2.38. The van der Waals surface area contributed by atoms with E-state index in [2.05, 4.69) is 4.99 Å². The maximum Gasteiger partial charge on any atom is 0.119 e. The fourth-order valence-electron chi connectivity index (χ4n) is 1.49. The van der Waals surface area contributed by atoms with Crippen molar-refractivity contribution in [2.75, 3.05) is 6.61 Å². The van der Waals surface area contributed by atoms with Gasteiger partial charge in [-0.25, -0.2) is 0 Å². The van der Waals surface area contributed by atoms with Gasteiger partial charge in [0.05, 0.1) is 12.3 Å². The molecule has 0 saturated carbocycles. The molecular weight excluding hydrogens is 246 g/mol. The lowest BCUT2D eigenvalue weighted by Gasteiger charge is -2.02. The van der Waals surface area contributed by atoms with Gasteiger partial charge in [-0.05, 0) is 61.0 Å². The summed E-state index contributed by atoms with van der Waals surface area (Å²) < 4.78 is 5.38. The normalized spacial score (nSPS) is 10.8. The summed E-state index contributed by atoms with van der Waals surface area (Å²) in [6, 6.07) is 15.2. The molecule has 0 atom stereocenters. The molecule has 0 amide bonds. The van der Waals surface area contributed by atoms with Crippen LogP contribution in [-0.4, -0.2) is 12.8 Å². The number of aliphatic imine (C=N–C) groups is 1.